The molecule has 2 N–H and O–H groups in total. The topological polar surface area (TPSA) is 52.6 Å². The first-order valence-electron chi connectivity index (χ1n) is 9.51. The number of nitrogens with one attached hydrogen (secondary N) is 1. The number of hydrogen-bond donors (Lipinski definition) is 2. The molecule has 3 fully saturated rings. The molecule has 1 spiro atoms. The molecule has 2 atom stereocenters. The molecule has 26 heavy (non-hydrogen) atoms. The average molecular weight is 364 g/mol. The lowest BCUT2D eigenvalue weighted by Crippen LogP contribution is -2.61. The second-order valence-corrected chi connectivity index (χ2v) is 8.32. The Morgan fingerprint density at radius 2 is 1.81 bits per heavy atom. The van der Waals surface area contributed by atoms with Crippen molar-refractivity contribution < 1.29 is 18.7 Å². The van der Waals surface area contributed by atoms with Gasteiger partial charge in [0.05, 0.1) is 0 Å². The number of likely N-dealkylation sites (tertiary alicyclic amines) is 1. The Labute approximate surface area is 152 Å². The van der Waals surface area contributed by atoms with Gasteiger partial charge >= 0.3 is 0 Å². The fourth-order valence-corrected chi connectivity index (χ4v) is 4.79. The van der Waals surface area contributed by atoms with Crippen molar-refractivity contribution in [2.75, 3.05) is 26.2 Å². The third-order valence-electron chi connectivity index (χ3n) is 6.65. The van der Waals surface area contributed by atoms with Crippen LogP contribution in [0, 0.1) is 11.3 Å². The van der Waals surface area contributed by atoms with E-state index >= 15 is 0 Å². The number of nitrogens with zero attached hydrogens (tertiary/aromatic N) is 1. The van der Waals surface area contributed by atoms with Gasteiger partial charge in [-0.3, -0.25) is 4.79 Å². The molecule has 6 heteroatoms. The van der Waals surface area contributed by atoms with Gasteiger partial charge in [-0.1, -0.05) is 30.3 Å². The minimum absolute atomic E-state index is 0.159. The third kappa shape index (κ3) is 2.93. The Kier molecular flexibility index (Phi) is 4.31. The first-order valence-corrected chi connectivity index (χ1v) is 9.51. The van der Waals surface area contributed by atoms with Gasteiger partial charge in [-0.2, -0.15) is 0 Å². The molecule has 0 unspecified atom stereocenters. The second kappa shape index (κ2) is 6.27. The maximum absolute atomic E-state index is 13.9. The largest absolute Gasteiger partial charge is 0.375 e. The summed E-state index contributed by atoms with van der Waals surface area (Å²) >= 11 is 0. The number of amides is 1. The highest BCUT2D eigenvalue weighted by Crippen LogP contribution is 2.48. The Morgan fingerprint density at radius 3 is 2.31 bits per heavy atom. The molecule has 2 heterocycles. The van der Waals surface area contributed by atoms with E-state index in [1.54, 1.807) is 35.2 Å². The summed E-state index contributed by atoms with van der Waals surface area (Å²) in [7, 11) is 0. The van der Waals surface area contributed by atoms with Crippen LogP contribution in [0.15, 0.2) is 30.3 Å². The standard InChI is InChI=1S/C20H26F2N2O2/c21-19(22)7-6-16(12-19)20(26,15-4-2-1-3-5-15)17(25)24-10-8-18(9-11-24)13-23-14-18/h1-5,16,23,26H,6-14H2/t16-,20+/m1/s1. The molecule has 1 aromatic carbocycles. The summed E-state index contributed by atoms with van der Waals surface area (Å²) in [4.78, 5) is 15.0. The van der Waals surface area contributed by atoms with E-state index in [4.69, 9.17) is 0 Å². The summed E-state index contributed by atoms with van der Waals surface area (Å²) in [5.74, 6) is -3.97. The summed E-state index contributed by atoms with van der Waals surface area (Å²) in [5, 5.41) is 14.8. The van der Waals surface area contributed by atoms with E-state index in [2.05, 4.69) is 5.32 Å². The van der Waals surface area contributed by atoms with Gasteiger partial charge in [0.25, 0.3) is 5.91 Å². The van der Waals surface area contributed by atoms with Gasteiger partial charge in [-0.25, -0.2) is 8.78 Å². The van der Waals surface area contributed by atoms with Crippen molar-refractivity contribution in [3.8, 4) is 0 Å². The molecular weight excluding hydrogens is 338 g/mol. The summed E-state index contributed by atoms with van der Waals surface area (Å²) in [6, 6.07) is 8.63. The quantitative estimate of drug-likeness (QED) is 0.867. The van der Waals surface area contributed by atoms with E-state index in [0.717, 1.165) is 25.9 Å². The molecule has 0 radical (unpaired) electrons. The lowest BCUT2D eigenvalue weighted by atomic mass is 9.72. The van der Waals surface area contributed by atoms with Crippen LogP contribution in [0.25, 0.3) is 0 Å². The molecule has 1 aromatic rings. The summed E-state index contributed by atoms with van der Waals surface area (Å²) < 4.78 is 27.7. The van der Waals surface area contributed by atoms with Crippen molar-refractivity contribution in [3.63, 3.8) is 0 Å². The van der Waals surface area contributed by atoms with Crippen LogP contribution in [-0.4, -0.2) is 48.0 Å². The van der Waals surface area contributed by atoms with E-state index in [1.807, 2.05) is 0 Å². The van der Waals surface area contributed by atoms with Crippen molar-refractivity contribution in [3.05, 3.63) is 35.9 Å². The molecule has 1 saturated carbocycles. The van der Waals surface area contributed by atoms with Gasteiger partial charge in [0, 0.05) is 44.9 Å². The molecule has 2 saturated heterocycles. The van der Waals surface area contributed by atoms with Gasteiger partial charge in [-0.15, -0.1) is 0 Å². The number of benzene rings is 1. The molecule has 1 aliphatic carbocycles. The van der Waals surface area contributed by atoms with E-state index in [1.165, 1.54) is 0 Å². The number of carbonyl (C=O) groups excluding carboxylic acids is 1. The highest BCUT2D eigenvalue weighted by Gasteiger charge is 2.55. The summed E-state index contributed by atoms with van der Waals surface area (Å²) in [5.41, 5.74) is -1.16. The molecule has 0 bridgehead atoms. The zero-order chi connectivity index (χ0) is 18.4. The molecule has 1 amide bonds. The van der Waals surface area contributed by atoms with Gasteiger partial charge in [0.15, 0.2) is 5.60 Å². The monoisotopic (exact) mass is 364 g/mol. The number of carbonyl (C=O) groups is 1. The van der Waals surface area contributed by atoms with Crippen LogP contribution in [0.4, 0.5) is 8.78 Å². The predicted molar refractivity (Wildman–Crippen MR) is 93.7 cm³/mol. The number of rotatable bonds is 3. The van der Waals surface area contributed by atoms with Gasteiger partial charge in [0.1, 0.15) is 0 Å². The molecule has 4 nitrogen and oxygen atoms in total. The Bertz CT molecular complexity index is 668. The van der Waals surface area contributed by atoms with Crippen molar-refractivity contribution in [2.24, 2.45) is 11.3 Å². The first-order chi connectivity index (χ1) is 12.3. The predicted octanol–water partition coefficient (Wildman–Crippen LogP) is 2.52. The molecule has 4 rings (SSSR count). The minimum Gasteiger partial charge on any atom is -0.375 e. The Hall–Kier alpha value is -1.53. The van der Waals surface area contributed by atoms with Crippen LogP contribution >= 0.6 is 0 Å². The molecule has 142 valence electrons. The smallest absolute Gasteiger partial charge is 0.259 e. The van der Waals surface area contributed by atoms with Crippen LogP contribution in [0.5, 0.6) is 0 Å². The maximum atomic E-state index is 13.9. The first kappa shape index (κ1) is 17.9. The molecule has 3 aliphatic rings. The van der Waals surface area contributed by atoms with E-state index < -0.39 is 29.8 Å². The zero-order valence-electron chi connectivity index (χ0n) is 14.9. The van der Waals surface area contributed by atoms with Gasteiger partial charge in [-0.05, 0) is 30.2 Å². The third-order valence-corrected chi connectivity index (χ3v) is 6.65. The second-order valence-electron chi connectivity index (χ2n) is 8.32. The van der Waals surface area contributed by atoms with Gasteiger partial charge in [0.2, 0.25) is 5.92 Å². The minimum atomic E-state index is -2.81. The summed E-state index contributed by atoms with van der Waals surface area (Å²) in [6.45, 7) is 3.12. The molecule has 0 aromatic heterocycles. The number of alkyl halides is 2. The van der Waals surface area contributed by atoms with E-state index in [9.17, 15) is 18.7 Å². The van der Waals surface area contributed by atoms with Crippen LogP contribution in [0.2, 0.25) is 0 Å². The van der Waals surface area contributed by atoms with Crippen molar-refractivity contribution in [2.45, 2.75) is 43.6 Å². The lowest BCUT2D eigenvalue weighted by molar-refractivity contribution is -0.163. The molecule has 2 aliphatic heterocycles. The average Bonchev–Trinajstić information content (AvgIpc) is 3.00. The fourth-order valence-electron chi connectivity index (χ4n) is 4.79. The van der Waals surface area contributed by atoms with Crippen LogP contribution in [0.1, 0.15) is 37.7 Å². The number of aliphatic hydroxyl groups is 1. The highest BCUT2D eigenvalue weighted by molar-refractivity contribution is 5.87. The normalized spacial score (nSPS) is 29.2. The van der Waals surface area contributed by atoms with Gasteiger partial charge < -0.3 is 15.3 Å². The van der Waals surface area contributed by atoms with E-state index in [0.29, 0.717) is 18.7 Å². The maximum Gasteiger partial charge on any atom is 0.259 e. The van der Waals surface area contributed by atoms with Crippen molar-refractivity contribution >= 4 is 5.91 Å². The zero-order valence-corrected chi connectivity index (χ0v) is 14.9. The fraction of sp³-hybridized carbons (Fsp3) is 0.650. The highest BCUT2D eigenvalue weighted by atomic mass is 19.3. The van der Waals surface area contributed by atoms with Crippen molar-refractivity contribution in [1.29, 1.82) is 0 Å². The van der Waals surface area contributed by atoms with Crippen molar-refractivity contribution in [1.82, 2.24) is 10.2 Å². The van der Waals surface area contributed by atoms with E-state index in [-0.39, 0.29) is 18.3 Å². The Balaban J connectivity index is 1.60. The lowest BCUT2D eigenvalue weighted by Gasteiger charge is -2.49. The van der Waals surface area contributed by atoms with Crippen LogP contribution < -0.4 is 5.32 Å². The van der Waals surface area contributed by atoms with Crippen LogP contribution in [0.3, 0.4) is 0 Å². The number of halogens is 2. The van der Waals surface area contributed by atoms with Crippen LogP contribution in [-0.2, 0) is 10.4 Å². The molecular formula is C20H26F2N2O2. The number of piperidine rings is 1. The number of hydrogen-bond acceptors (Lipinski definition) is 3. The SMILES string of the molecule is O=C(N1CCC2(CC1)CNC2)[C@](O)(c1ccccc1)[C@@H]1CCC(F)(F)C1. The summed E-state index contributed by atoms with van der Waals surface area (Å²) in [6.07, 6.45) is 1.25. The Morgan fingerprint density at radius 1 is 1.15 bits per heavy atom.